The zero-order chi connectivity index (χ0) is 12.1. The van der Waals surface area contributed by atoms with Crippen LogP contribution in [0.15, 0.2) is 4.52 Å². The van der Waals surface area contributed by atoms with Crippen molar-refractivity contribution in [2.75, 3.05) is 13.2 Å². The fourth-order valence-corrected chi connectivity index (χ4v) is 2.12. The maximum atomic E-state index is 5.45. The van der Waals surface area contributed by atoms with Crippen LogP contribution in [0.4, 0.5) is 0 Å². The normalized spacial score (nSPS) is 23.3. The molecule has 1 fully saturated rings. The van der Waals surface area contributed by atoms with Crippen molar-refractivity contribution in [3.05, 3.63) is 11.7 Å². The van der Waals surface area contributed by atoms with Crippen molar-refractivity contribution in [3.63, 3.8) is 0 Å². The Morgan fingerprint density at radius 1 is 1.47 bits per heavy atom. The molecule has 1 aromatic heterocycles. The van der Waals surface area contributed by atoms with Crippen molar-refractivity contribution >= 4 is 0 Å². The van der Waals surface area contributed by atoms with Gasteiger partial charge < -0.3 is 14.6 Å². The van der Waals surface area contributed by atoms with Crippen molar-refractivity contribution in [1.29, 1.82) is 0 Å². The zero-order valence-corrected chi connectivity index (χ0v) is 10.6. The number of ether oxygens (including phenoxy) is 1. The maximum Gasteiger partial charge on any atom is 0.243 e. The number of rotatable bonds is 4. The molecule has 2 rings (SSSR count). The Morgan fingerprint density at radius 3 is 3.18 bits per heavy atom. The highest BCUT2D eigenvalue weighted by Gasteiger charge is 2.21. The number of aromatic nitrogens is 2. The standard InChI is InChI=1S/C12H21N3O2/c1-3-16-9(2)11-14-12(17-15-11)10-7-5-4-6-8-13-10/h9-10,13H,3-8H2,1-2H3. The van der Waals surface area contributed by atoms with E-state index in [2.05, 4.69) is 15.5 Å². The van der Waals surface area contributed by atoms with Crippen molar-refractivity contribution in [2.24, 2.45) is 0 Å². The summed E-state index contributed by atoms with van der Waals surface area (Å²) in [5.41, 5.74) is 0. The van der Waals surface area contributed by atoms with E-state index in [0.717, 1.165) is 13.0 Å². The zero-order valence-electron chi connectivity index (χ0n) is 10.6. The van der Waals surface area contributed by atoms with Crippen LogP contribution >= 0.6 is 0 Å². The summed E-state index contributed by atoms with van der Waals surface area (Å²) >= 11 is 0. The predicted octanol–water partition coefficient (Wildman–Crippen LogP) is 2.37. The highest BCUT2D eigenvalue weighted by Crippen LogP contribution is 2.23. The SMILES string of the molecule is CCOC(C)c1noc(C2CCCCCN2)n1. The van der Waals surface area contributed by atoms with Gasteiger partial charge in [-0.15, -0.1) is 0 Å². The van der Waals surface area contributed by atoms with Gasteiger partial charge in [0.2, 0.25) is 5.89 Å². The first-order valence-corrected chi connectivity index (χ1v) is 6.49. The topological polar surface area (TPSA) is 60.2 Å². The summed E-state index contributed by atoms with van der Waals surface area (Å²) in [6.07, 6.45) is 4.71. The molecule has 2 atom stereocenters. The monoisotopic (exact) mass is 239 g/mol. The average Bonchev–Trinajstić information content (AvgIpc) is 2.66. The number of nitrogens with zero attached hydrogens (tertiary/aromatic N) is 2. The Labute approximate surface area is 102 Å². The molecule has 1 aliphatic heterocycles. The Morgan fingerprint density at radius 2 is 2.35 bits per heavy atom. The fraction of sp³-hybridized carbons (Fsp3) is 0.833. The van der Waals surface area contributed by atoms with E-state index in [9.17, 15) is 0 Å². The van der Waals surface area contributed by atoms with E-state index >= 15 is 0 Å². The molecule has 0 radical (unpaired) electrons. The highest BCUT2D eigenvalue weighted by molar-refractivity contribution is 4.95. The van der Waals surface area contributed by atoms with Crippen LogP contribution in [-0.2, 0) is 4.74 Å². The molecule has 1 saturated heterocycles. The highest BCUT2D eigenvalue weighted by atomic mass is 16.5. The third-order valence-corrected chi connectivity index (χ3v) is 3.10. The second kappa shape index (κ2) is 6.12. The quantitative estimate of drug-likeness (QED) is 0.874. The smallest absolute Gasteiger partial charge is 0.243 e. The molecule has 0 amide bonds. The average molecular weight is 239 g/mol. The van der Waals surface area contributed by atoms with E-state index in [4.69, 9.17) is 9.26 Å². The van der Waals surface area contributed by atoms with Crippen LogP contribution in [0, 0.1) is 0 Å². The Bertz CT molecular complexity index is 332. The van der Waals surface area contributed by atoms with E-state index in [1.807, 2.05) is 13.8 Å². The van der Waals surface area contributed by atoms with Gasteiger partial charge in [0.1, 0.15) is 6.10 Å². The van der Waals surface area contributed by atoms with Gasteiger partial charge in [0.05, 0.1) is 6.04 Å². The molecular weight excluding hydrogens is 218 g/mol. The molecule has 2 heterocycles. The van der Waals surface area contributed by atoms with Crippen molar-refractivity contribution in [3.8, 4) is 0 Å². The lowest BCUT2D eigenvalue weighted by atomic mass is 10.1. The number of hydrogen-bond donors (Lipinski definition) is 1. The molecule has 5 nitrogen and oxygen atoms in total. The van der Waals surface area contributed by atoms with Crippen LogP contribution in [-0.4, -0.2) is 23.3 Å². The number of hydrogen-bond acceptors (Lipinski definition) is 5. The van der Waals surface area contributed by atoms with Crippen LogP contribution < -0.4 is 5.32 Å². The van der Waals surface area contributed by atoms with E-state index in [-0.39, 0.29) is 12.1 Å². The summed E-state index contributed by atoms with van der Waals surface area (Å²) in [4.78, 5) is 4.43. The molecule has 0 saturated carbocycles. The molecule has 2 unspecified atom stereocenters. The third-order valence-electron chi connectivity index (χ3n) is 3.10. The van der Waals surface area contributed by atoms with Gasteiger partial charge in [-0.2, -0.15) is 4.98 Å². The van der Waals surface area contributed by atoms with Gasteiger partial charge in [-0.05, 0) is 33.2 Å². The van der Waals surface area contributed by atoms with E-state index < -0.39 is 0 Å². The summed E-state index contributed by atoms with van der Waals surface area (Å²) in [5, 5.41) is 7.43. The minimum absolute atomic E-state index is 0.0942. The largest absolute Gasteiger partial charge is 0.371 e. The summed E-state index contributed by atoms with van der Waals surface area (Å²) in [5.74, 6) is 1.35. The van der Waals surface area contributed by atoms with Gasteiger partial charge in [0.15, 0.2) is 5.82 Å². The lowest BCUT2D eigenvalue weighted by Gasteiger charge is -2.10. The van der Waals surface area contributed by atoms with E-state index in [1.165, 1.54) is 19.3 Å². The summed E-state index contributed by atoms with van der Waals surface area (Å²) in [6.45, 7) is 5.60. The molecule has 0 bridgehead atoms. The van der Waals surface area contributed by atoms with Gasteiger partial charge >= 0.3 is 0 Å². The van der Waals surface area contributed by atoms with Crippen molar-refractivity contribution in [1.82, 2.24) is 15.5 Å². The summed E-state index contributed by atoms with van der Waals surface area (Å²) in [7, 11) is 0. The summed E-state index contributed by atoms with van der Waals surface area (Å²) < 4.78 is 10.8. The second-order valence-corrected chi connectivity index (χ2v) is 4.44. The van der Waals surface area contributed by atoms with Gasteiger partial charge in [-0.3, -0.25) is 0 Å². The molecule has 1 N–H and O–H groups in total. The Balaban J connectivity index is 2.01. The third kappa shape index (κ3) is 3.26. The Hall–Kier alpha value is -0.940. The first-order chi connectivity index (χ1) is 8.31. The molecule has 5 heteroatoms. The fourth-order valence-electron chi connectivity index (χ4n) is 2.12. The van der Waals surface area contributed by atoms with Crippen LogP contribution in [0.3, 0.4) is 0 Å². The van der Waals surface area contributed by atoms with Crippen LogP contribution in [0.2, 0.25) is 0 Å². The lowest BCUT2D eigenvalue weighted by molar-refractivity contribution is 0.0683. The first-order valence-electron chi connectivity index (χ1n) is 6.49. The molecule has 17 heavy (non-hydrogen) atoms. The van der Waals surface area contributed by atoms with E-state index in [0.29, 0.717) is 18.3 Å². The lowest BCUT2D eigenvalue weighted by Crippen LogP contribution is -2.20. The van der Waals surface area contributed by atoms with Crippen molar-refractivity contribution < 1.29 is 9.26 Å². The molecule has 1 aromatic rings. The van der Waals surface area contributed by atoms with E-state index in [1.54, 1.807) is 0 Å². The van der Waals surface area contributed by atoms with Gasteiger partial charge in [0.25, 0.3) is 0 Å². The minimum atomic E-state index is -0.0942. The number of nitrogens with one attached hydrogen (secondary N) is 1. The molecule has 0 spiro atoms. The van der Waals surface area contributed by atoms with Crippen LogP contribution in [0.1, 0.15) is 63.4 Å². The molecule has 1 aliphatic rings. The van der Waals surface area contributed by atoms with Crippen molar-refractivity contribution in [2.45, 2.75) is 51.7 Å². The molecule has 0 aromatic carbocycles. The van der Waals surface area contributed by atoms with Crippen LogP contribution in [0.25, 0.3) is 0 Å². The maximum absolute atomic E-state index is 5.45. The Kier molecular flexibility index (Phi) is 4.50. The van der Waals surface area contributed by atoms with Gasteiger partial charge in [-0.25, -0.2) is 0 Å². The summed E-state index contributed by atoms with van der Waals surface area (Å²) in [6, 6.07) is 0.215. The second-order valence-electron chi connectivity index (χ2n) is 4.44. The van der Waals surface area contributed by atoms with Gasteiger partial charge in [-0.1, -0.05) is 18.0 Å². The first kappa shape index (κ1) is 12.5. The van der Waals surface area contributed by atoms with Gasteiger partial charge in [0, 0.05) is 6.61 Å². The molecule has 0 aliphatic carbocycles. The predicted molar refractivity (Wildman–Crippen MR) is 63.6 cm³/mol. The van der Waals surface area contributed by atoms with Crippen LogP contribution in [0.5, 0.6) is 0 Å². The molecule has 96 valence electrons. The molecular formula is C12H21N3O2. The minimum Gasteiger partial charge on any atom is -0.371 e.